The molecule has 0 aliphatic heterocycles. The van der Waals surface area contributed by atoms with Crippen LogP contribution in [0.2, 0.25) is 0 Å². The monoisotopic (exact) mass is 208 g/mol. The van der Waals surface area contributed by atoms with Crippen molar-refractivity contribution < 1.29 is 0 Å². The Morgan fingerprint density at radius 3 is 2.64 bits per heavy atom. The van der Waals surface area contributed by atoms with Crippen molar-refractivity contribution >= 4 is 11.3 Å². The van der Waals surface area contributed by atoms with E-state index in [9.17, 15) is 0 Å². The average molecular weight is 208 g/mol. The van der Waals surface area contributed by atoms with E-state index in [2.05, 4.69) is 4.98 Å². The number of thiazole rings is 1. The van der Waals surface area contributed by atoms with Crippen LogP contribution in [0.3, 0.4) is 0 Å². The molecule has 2 bridgehead atoms. The van der Waals surface area contributed by atoms with Gasteiger partial charge in [-0.1, -0.05) is 12.8 Å². The van der Waals surface area contributed by atoms with Crippen molar-refractivity contribution in [3.05, 3.63) is 16.6 Å². The van der Waals surface area contributed by atoms with Crippen LogP contribution in [0.25, 0.3) is 0 Å². The van der Waals surface area contributed by atoms with Crippen molar-refractivity contribution in [3.8, 4) is 0 Å². The first-order chi connectivity index (χ1) is 6.79. The minimum Gasteiger partial charge on any atom is -0.319 e. The second kappa shape index (κ2) is 3.04. The molecule has 1 unspecified atom stereocenters. The van der Waals surface area contributed by atoms with E-state index in [-0.39, 0.29) is 5.54 Å². The average Bonchev–Trinajstić information content (AvgIpc) is 2.72. The third kappa shape index (κ3) is 1.15. The molecule has 3 saturated carbocycles. The molecular formula is C11H16N2S. The van der Waals surface area contributed by atoms with Crippen molar-refractivity contribution in [3.63, 3.8) is 0 Å². The minimum atomic E-state index is -0.0741. The molecular weight excluding hydrogens is 192 g/mol. The molecule has 2 N–H and O–H groups in total. The van der Waals surface area contributed by atoms with Crippen LogP contribution in [0.5, 0.6) is 0 Å². The molecule has 76 valence electrons. The standard InChI is InChI=1S/C11H16N2S/c12-11(10-13-5-6-14-10)7-8-1-3-9(11)4-2-8/h5-6,8-9H,1-4,7,12H2. The van der Waals surface area contributed by atoms with Gasteiger partial charge in [0.05, 0.1) is 5.54 Å². The maximum atomic E-state index is 6.56. The van der Waals surface area contributed by atoms with Crippen LogP contribution in [0, 0.1) is 11.8 Å². The van der Waals surface area contributed by atoms with E-state index in [0.29, 0.717) is 5.92 Å². The van der Waals surface area contributed by atoms with E-state index in [1.165, 1.54) is 37.1 Å². The molecule has 3 aliphatic carbocycles. The Labute approximate surface area is 88.5 Å². The predicted molar refractivity (Wildman–Crippen MR) is 58.0 cm³/mol. The van der Waals surface area contributed by atoms with Crippen LogP contribution in [-0.2, 0) is 5.54 Å². The highest BCUT2D eigenvalue weighted by molar-refractivity contribution is 7.09. The fourth-order valence-electron chi connectivity index (χ4n) is 3.24. The number of hydrogen-bond acceptors (Lipinski definition) is 3. The summed E-state index contributed by atoms with van der Waals surface area (Å²) in [6.07, 6.45) is 8.49. The maximum absolute atomic E-state index is 6.56. The number of nitrogens with zero attached hydrogens (tertiary/aromatic N) is 1. The molecule has 3 heteroatoms. The Kier molecular flexibility index (Phi) is 1.92. The molecule has 1 heterocycles. The lowest BCUT2D eigenvalue weighted by Gasteiger charge is -2.48. The van der Waals surface area contributed by atoms with Crippen LogP contribution >= 0.6 is 11.3 Å². The number of aromatic nitrogens is 1. The third-order valence-corrected chi connectivity index (χ3v) is 5.00. The van der Waals surface area contributed by atoms with Gasteiger partial charge in [0.2, 0.25) is 0 Å². The van der Waals surface area contributed by atoms with Gasteiger partial charge < -0.3 is 5.73 Å². The lowest BCUT2D eigenvalue weighted by molar-refractivity contribution is 0.0683. The largest absolute Gasteiger partial charge is 0.319 e. The fourth-order valence-corrected chi connectivity index (χ4v) is 4.08. The van der Waals surface area contributed by atoms with E-state index in [4.69, 9.17) is 5.73 Å². The molecule has 1 aromatic heterocycles. The summed E-state index contributed by atoms with van der Waals surface area (Å²) in [5.41, 5.74) is 6.48. The van der Waals surface area contributed by atoms with Gasteiger partial charge >= 0.3 is 0 Å². The Morgan fingerprint density at radius 1 is 1.36 bits per heavy atom. The second-order valence-corrected chi connectivity index (χ2v) is 5.69. The van der Waals surface area contributed by atoms with Gasteiger partial charge in [0.15, 0.2) is 0 Å². The van der Waals surface area contributed by atoms with Gasteiger partial charge in [-0.2, -0.15) is 0 Å². The molecule has 0 radical (unpaired) electrons. The summed E-state index contributed by atoms with van der Waals surface area (Å²) in [5.74, 6) is 1.56. The Balaban J connectivity index is 1.96. The lowest BCUT2D eigenvalue weighted by Crippen LogP contribution is -2.51. The molecule has 3 aliphatic rings. The van der Waals surface area contributed by atoms with Crippen LogP contribution in [0.1, 0.15) is 37.1 Å². The first kappa shape index (κ1) is 8.86. The second-order valence-electron chi connectivity index (χ2n) is 4.80. The lowest BCUT2D eigenvalue weighted by atomic mass is 9.61. The van der Waals surface area contributed by atoms with Gasteiger partial charge in [0, 0.05) is 11.6 Å². The Bertz CT molecular complexity index is 314. The van der Waals surface area contributed by atoms with E-state index in [1.807, 2.05) is 11.6 Å². The molecule has 0 saturated heterocycles. The van der Waals surface area contributed by atoms with Crippen molar-refractivity contribution in [2.24, 2.45) is 17.6 Å². The SMILES string of the molecule is NC1(c2nccs2)CC2CCC1CC2. The van der Waals surface area contributed by atoms with Crippen LogP contribution in [0.15, 0.2) is 11.6 Å². The Hall–Kier alpha value is -0.410. The van der Waals surface area contributed by atoms with E-state index in [0.717, 1.165) is 5.92 Å². The van der Waals surface area contributed by atoms with E-state index >= 15 is 0 Å². The van der Waals surface area contributed by atoms with Crippen LogP contribution < -0.4 is 5.73 Å². The molecule has 4 rings (SSSR count). The normalized spacial score (nSPS) is 41.5. The quantitative estimate of drug-likeness (QED) is 0.770. The highest BCUT2D eigenvalue weighted by Crippen LogP contribution is 2.51. The zero-order valence-corrected chi connectivity index (χ0v) is 9.09. The zero-order valence-electron chi connectivity index (χ0n) is 8.28. The number of nitrogens with two attached hydrogens (primary N) is 1. The van der Waals surface area contributed by atoms with E-state index in [1.54, 1.807) is 11.3 Å². The third-order valence-electron chi connectivity index (χ3n) is 4.03. The first-order valence-corrected chi connectivity index (χ1v) is 6.36. The molecule has 14 heavy (non-hydrogen) atoms. The maximum Gasteiger partial charge on any atom is 0.113 e. The number of rotatable bonds is 1. The van der Waals surface area contributed by atoms with Crippen LogP contribution in [-0.4, -0.2) is 4.98 Å². The topological polar surface area (TPSA) is 38.9 Å². The van der Waals surface area contributed by atoms with Gasteiger partial charge in [-0.3, -0.25) is 0 Å². The predicted octanol–water partition coefficient (Wildman–Crippen LogP) is 2.51. The molecule has 0 amide bonds. The summed E-state index contributed by atoms with van der Waals surface area (Å²) in [4.78, 5) is 4.42. The summed E-state index contributed by atoms with van der Waals surface area (Å²) in [6, 6.07) is 0. The highest BCUT2D eigenvalue weighted by atomic mass is 32.1. The molecule has 0 spiro atoms. The summed E-state index contributed by atoms with van der Waals surface area (Å²) in [6.45, 7) is 0. The fraction of sp³-hybridized carbons (Fsp3) is 0.727. The van der Waals surface area contributed by atoms with Crippen LogP contribution in [0.4, 0.5) is 0 Å². The minimum absolute atomic E-state index is 0.0741. The number of hydrogen-bond donors (Lipinski definition) is 1. The van der Waals surface area contributed by atoms with Gasteiger partial charge in [0.25, 0.3) is 0 Å². The summed E-state index contributed by atoms with van der Waals surface area (Å²) in [7, 11) is 0. The highest BCUT2D eigenvalue weighted by Gasteiger charge is 2.47. The zero-order chi connectivity index (χ0) is 9.60. The van der Waals surface area contributed by atoms with E-state index < -0.39 is 0 Å². The molecule has 0 aromatic carbocycles. The molecule has 3 fully saturated rings. The molecule has 1 aromatic rings. The van der Waals surface area contributed by atoms with Gasteiger partial charge in [-0.25, -0.2) is 4.98 Å². The summed E-state index contributed by atoms with van der Waals surface area (Å²) < 4.78 is 0. The first-order valence-electron chi connectivity index (χ1n) is 5.48. The number of fused-ring (bicyclic) bond motifs is 3. The van der Waals surface area contributed by atoms with Crippen molar-refractivity contribution in [2.45, 2.75) is 37.6 Å². The van der Waals surface area contributed by atoms with Crippen molar-refractivity contribution in [1.82, 2.24) is 4.98 Å². The molecule has 2 nitrogen and oxygen atoms in total. The molecule has 1 atom stereocenters. The van der Waals surface area contributed by atoms with Gasteiger partial charge in [-0.05, 0) is 31.1 Å². The summed E-state index contributed by atoms with van der Waals surface area (Å²) >= 11 is 1.73. The van der Waals surface area contributed by atoms with Crippen molar-refractivity contribution in [2.75, 3.05) is 0 Å². The summed E-state index contributed by atoms with van der Waals surface area (Å²) in [5, 5.41) is 3.22. The smallest absolute Gasteiger partial charge is 0.113 e. The van der Waals surface area contributed by atoms with Gasteiger partial charge in [-0.15, -0.1) is 11.3 Å². The van der Waals surface area contributed by atoms with Gasteiger partial charge in [0.1, 0.15) is 5.01 Å². The van der Waals surface area contributed by atoms with Crippen molar-refractivity contribution in [1.29, 1.82) is 0 Å². The Morgan fingerprint density at radius 2 is 2.14 bits per heavy atom.